The molecule has 82 heavy (non-hydrogen) atoms. The molecular formula is C64H76N10O8. The standard InChI is InChI=1S/C64H76N10O8/c1-35(65-9)55(75)71-53(63(3,4)5)61(81)73-33-39(31-49(73)59(79)69-51-45-23-15-11-19-41(45)42-20-12-16-24-46(42)51)67-57(77)37-27-29-38(30-28-37)58(78)68-40-32-50(74(34-40)62(82)54(64(6,7)8)72-56(76)36(2)66-10)60(80)70-52-47-25-17-13-21-43(47)44-22-14-18-26-48(44)52/h11-30,35-36,39-40,49-54,65-66H,31-34H2,1-10H3,(H,67,77)(H,68,78)(H,69,79)(H,70,80)(H,71,75)(H,72,76)/t35-,36-,39-,40-,49-,50-,53+,54+/m0/s1. The first-order valence-electron chi connectivity index (χ1n) is 28.2. The van der Waals surface area contributed by atoms with Gasteiger partial charge in [-0.2, -0.15) is 0 Å². The van der Waals surface area contributed by atoms with Crippen LogP contribution in [0.15, 0.2) is 121 Å². The van der Waals surface area contributed by atoms with E-state index in [0.717, 1.165) is 44.5 Å². The molecular weight excluding hydrogens is 1040 g/mol. The summed E-state index contributed by atoms with van der Waals surface area (Å²) in [6, 6.07) is 29.9. The maximum absolute atomic E-state index is 14.8. The number of hydrogen-bond donors (Lipinski definition) is 8. The summed E-state index contributed by atoms with van der Waals surface area (Å²) in [6.45, 7) is 14.4. The summed E-state index contributed by atoms with van der Waals surface area (Å²) in [4.78, 5) is 117. The van der Waals surface area contributed by atoms with Gasteiger partial charge in [-0.05, 0) is 120 Å². The van der Waals surface area contributed by atoms with Crippen molar-refractivity contribution < 1.29 is 38.4 Å². The van der Waals surface area contributed by atoms with Gasteiger partial charge >= 0.3 is 0 Å². The summed E-state index contributed by atoms with van der Waals surface area (Å²) in [5.74, 6) is -3.50. The van der Waals surface area contributed by atoms with Crippen LogP contribution in [-0.4, -0.2) is 133 Å². The lowest BCUT2D eigenvalue weighted by Gasteiger charge is -2.36. The second kappa shape index (κ2) is 23.7. The van der Waals surface area contributed by atoms with Crippen molar-refractivity contribution in [3.8, 4) is 22.3 Å². The first-order chi connectivity index (χ1) is 39.0. The lowest BCUT2D eigenvalue weighted by atomic mass is 9.85. The van der Waals surface area contributed by atoms with Crippen LogP contribution in [0.5, 0.6) is 0 Å². The number of benzene rings is 5. The summed E-state index contributed by atoms with van der Waals surface area (Å²) in [6.07, 6.45) is 0.160. The molecule has 9 rings (SSSR count). The number of likely N-dealkylation sites (N-methyl/N-ethyl adjacent to an activating group) is 2. The molecule has 0 spiro atoms. The highest BCUT2D eigenvalue weighted by atomic mass is 16.2. The highest BCUT2D eigenvalue weighted by molar-refractivity contribution is 6.00. The molecule has 0 aromatic heterocycles. The van der Waals surface area contributed by atoms with Crippen LogP contribution in [-0.2, 0) is 28.8 Å². The van der Waals surface area contributed by atoms with E-state index < -0.39 is 107 Å². The van der Waals surface area contributed by atoms with Crippen molar-refractivity contribution in [1.82, 2.24) is 52.3 Å². The molecule has 0 saturated carbocycles. The van der Waals surface area contributed by atoms with Gasteiger partial charge in [0.1, 0.15) is 24.2 Å². The van der Waals surface area contributed by atoms with E-state index in [-0.39, 0.29) is 48.9 Å². The average Bonchev–Trinajstić information content (AvgIpc) is 3.38. The molecule has 8 amide bonds. The molecule has 430 valence electrons. The minimum absolute atomic E-state index is 0.0237. The fourth-order valence-corrected chi connectivity index (χ4v) is 11.7. The van der Waals surface area contributed by atoms with E-state index in [1.165, 1.54) is 34.1 Å². The number of likely N-dealkylation sites (tertiary alicyclic amines) is 2. The normalized spacial score (nSPS) is 19.8. The van der Waals surface area contributed by atoms with Crippen LogP contribution in [0.3, 0.4) is 0 Å². The van der Waals surface area contributed by atoms with E-state index in [1.54, 1.807) is 27.9 Å². The fraction of sp³-hybridized carbons (Fsp3) is 0.406. The number of nitrogens with zero attached hydrogens (tertiary/aromatic N) is 2. The highest BCUT2D eigenvalue weighted by Crippen LogP contribution is 2.45. The Labute approximate surface area is 479 Å². The second-order valence-electron chi connectivity index (χ2n) is 24.3. The first kappa shape index (κ1) is 58.4. The minimum atomic E-state index is -1.02. The third-order valence-corrected chi connectivity index (χ3v) is 16.5. The van der Waals surface area contributed by atoms with Crippen molar-refractivity contribution in [3.63, 3.8) is 0 Å². The summed E-state index contributed by atoms with van der Waals surface area (Å²) in [5, 5.41) is 24.2. The van der Waals surface area contributed by atoms with Crippen LogP contribution in [0.25, 0.3) is 22.3 Å². The molecule has 4 aliphatic rings. The van der Waals surface area contributed by atoms with Crippen molar-refractivity contribution in [2.75, 3.05) is 27.2 Å². The molecule has 8 atom stereocenters. The van der Waals surface area contributed by atoms with Gasteiger partial charge in [-0.25, -0.2) is 0 Å². The fourth-order valence-electron chi connectivity index (χ4n) is 11.7. The summed E-state index contributed by atoms with van der Waals surface area (Å²) >= 11 is 0. The number of fused-ring (bicyclic) bond motifs is 6. The van der Waals surface area contributed by atoms with Crippen molar-refractivity contribution in [1.29, 1.82) is 0 Å². The van der Waals surface area contributed by atoms with Gasteiger partial charge in [-0.1, -0.05) is 139 Å². The Morgan fingerprint density at radius 1 is 0.439 bits per heavy atom. The maximum Gasteiger partial charge on any atom is 0.251 e. The van der Waals surface area contributed by atoms with E-state index in [9.17, 15) is 38.4 Å². The number of amides is 8. The van der Waals surface area contributed by atoms with Crippen molar-refractivity contribution in [2.24, 2.45) is 10.8 Å². The maximum atomic E-state index is 14.8. The zero-order valence-electron chi connectivity index (χ0n) is 48.3. The molecule has 18 nitrogen and oxygen atoms in total. The quantitative estimate of drug-likeness (QED) is 0.0648. The molecule has 0 bridgehead atoms. The van der Waals surface area contributed by atoms with Crippen molar-refractivity contribution in [3.05, 3.63) is 155 Å². The van der Waals surface area contributed by atoms with E-state index in [1.807, 2.05) is 139 Å². The smallest absolute Gasteiger partial charge is 0.251 e. The third kappa shape index (κ3) is 11.9. The molecule has 2 heterocycles. The Morgan fingerprint density at radius 2 is 0.732 bits per heavy atom. The Kier molecular flexibility index (Phi) is 16.9. The lowest BCUT2D eigenvalue weighted by molar-refractivity contribution is -0.144. The van der Waals surface area contributed by atoms with Gasteiger partial charge < -0.3 is 52.3 Å². The molecule has 18 heteroatoms. The van der Waals surface area contributed by atoms with Crippen LogP contribution in [0.4, 0.5) is 0 Å². The average molecular weight is 1110 g/mol. The van der Waals surface area contributed by atoms with Crippen LogP contribution < -0.4 is 42.5 Å². The van der Waals surface area contributed by atoms with Gasteiger partial charge in [-0.15, -0.1) is 0 Å². The predicted molar refractivity (Wildman–Crippen MR) is 313 cm³/mol. The molecule has 5 aromatic carbocycles. The van der Waals surface area contributed by atoms with Gasteiger partial charge in [0.15, 0.2) is 0 Å². The summed E-state index contributed by atoms with van der Waals surface area (Å²) in [5.41, 5.74) is 6.61. The number of rotatable bonds is 16. The highest BCUT2D eigenvalue weighted by Gasteiger charge is 2.48. The van der Waals surface area contributed by atoms with Gasteiger partial charge in [0.05, 0.1) is 24.2 Å². The predicted octanol–water partition coefficient (Wildman–Crippen LogP) is 5.14. The molecule has 2 aliphatic carbocycles. The van der Waals surface area contributed by atoms with E-state index in [2.05, 4.69) is 42.5 Å². The Bertz CT molecular complexity index is 2990. The van der Waals surface area contributed by atoms with Crippen LogP contribution in [0, 0.1) is 10.8 Å². The van der Waals surface area contributed by atoms with E-state index in [0.29, 0.717) is 0 Å². The Morgan fingerprint density at radius 3 is 1.01 bits per heavy atom. The third-order valence-electron chi connectivity index (χ3n) is 16.5. The number of carbonyl (C=O) groups is 8. The van der Waals surface area contributed by atoms with E-state index >= 15 is 0 Å². The zero-order chi connectivity index (χ0) is 58.9. The first-order valence-corrected chi connectivity index (χ1v) is 28.2. The molecule has 0 radical (unpaired) electrons. The van der Waals surface area contributed by atoms with Gasteiger partial charge in [0.2, 0.25) is 35.4 Å². The molecule has 2 fully saturated rings. The van der Waals surface area contributed by atoms with Crippen LogP contribution >= 0.6 is 0 Å². The van der Waals surface area contributed by atoms with Crippen LogP contribution in [0.1, 0.15) is 123 Å². The summed E-state index contributed by atoms with van der Waals surface area (Å²) < 4.78 is 0. The number of hydrogen-bond acceptors (Lipinski definition) is 10. The topological polar surface area (TPSA) is 239 Å². The number of nitrogens with one attached hydrogen (secondary N) is 8. The van der Waals surface area contributed by atoms with Crippen molar-refractivity contribution >= 4 is 47.3 Å². The van der Waals surface area contributed by atoms with E-state index in [4.69, 9.17) is 0 Å². The molecule has 2 saturated heterocycles. The van der Waals surface area contributed by atoms with Crippen molar-refractivity contribution in [2.45, 2.75) is 129 Å². The minimum Gasteiger partial charge on any atom is -0.347 e. The zero-order valence-corrected chi connectivity index (χ0v) is 48.3. The lowest BCUT2D eigenvalue weighted by Crippen LogP contribution is -2.59. The molecule has 8 N–H and O–H groups in total. The monoisotopic (exact) mass is 1110 g/mol. The number of carbonyl (C=O) groups excluding carboxylic acids is 8. The Hall–Kier alpha value is -8.22. The molecule has 0 unspecified atom stereocenters. The van der Waals surface area contributed by atoms with Gasteiger partial charge in [-0.3, -0.25) is 38.4 Å². The molecule has 2 aliphatic heterocycles. The SMILES string of the molecule is CN[C@@H](C)C(=O)N[C@H](C(=O)N1C[C@@H](NC(=O)c2ccc(C(=O)N[C@H]3C[C@@H](C(=O)NC4c5ccccc5-c5ccccc54)N(C(=O)[C@@H](NC(=O)[C@H](C)NC)C(C)(C)C)C3)cc2)C[C@H]1C(=O)NC1c2ccccc2-c2ccccc21)C(C)(C)C. The second-order valence-corrected chi connectivity index (χ2v) is 24.3. The molecule has 5 aromatic rings. The van der Waals surface area contributed by atoms with Gasteiger partial charge in [0.25, 0.3) is 11.8 Å². The largest absolute Gasteiger partial charge is 0.347 e. The van der Waals surface area contributed by atoms with Crippen LogP contribution in [0.2, 0.25) is 0 Å². The summed E-state index contributed by atoms with van der Waals surface area (Å²) in [7, 11) is 3.30. The van der Waals surface area contributed by atoms with Gasteiger partial charge in [0, 0.05) is 36.3 Å². The Balaban J connectivity index is 0.915.